The fraction of sp³-hybridized carbons (Fsp3) is 0.923. The predicted molar refractivity (Wildman–Crippen MR) is 60.3 cm³/mol. The lowest BCUT2D eigenvalue weighted by Gasteiger charge is -2.25. The van der Waals surface area contributed by atoms with E-state index in [9.17, 15) is 4.79 Å². The van der Waals surface area contributed by atoms with Gasteiger partial charge in [-0.1, -0.05) is 39.0 Å². The van der Waals surface area contributed by atoms with E-state index in [2.05, 4.69) is 6.92 Å². The summed E-state index contributed by atoms with van der Waals surface area (Å²) >= 11 is 0. The molecule has 14 heavy (non-hydrogen) atoms. The lowest BCUT2D eigenvalue weighted by Crippen LogP contribution is -2.15. The maximum atomic E-state index is 10.6. The molecule has 1 fully saturated rings. The highest BCUT2D eigenvalue weighted by Gasteiger charge is 2.19. The van der Waals surface area contributed by atoms with Crippen molar-refractivity contribution in [2.24, 2.45) is 11.8 Å². The van der Waals surface area contributed by atoms with E-state index < -0.39 is 0 Å². The molecule has 0 heterocycles. The highest BCUT2D eigenvalue weighted by atomic mass is 16.1. The van der Waals surface area contributed by atoms with E-state index >= 15 is 0 Å². The Balaban J connectivity index is 2.01. The fourth-order valence-electron chi connectivity index (χ4n) is 2.47. The summed E-state index contributed by atoms with van der Waals surface area (Å²) in [6.45, 7) is 2.26. The van der Waals surface area contributed by atoms with E-state index in [0.717, 1.165) is 25.0 Å². The maximum absolute atomic E-state index is 10.6. The van der Waals surface area contributed by atoms with E-state index in [1.165, 1.54) is 44.9 Å². The zero-order chi connectivity index (χ0) is 10.2. The molecule has 0 spiro atoms. The van der Waals surface area contributed by atoms with Gasteiger partial charge >= 0.3 is 0 Å². The van der Waals surface area contributed by atoms with Gasteiger partial charge in [0.2, 0.25) is 0 Å². The lowest BCUT2D eigenvalue weighted by molar-refractivity contribution is -0.112. The molecule has 0 bridgehead atoms. The summed E-state index contributed by atoms with van der Waals surface area (Å²) < 4.78 is 0. The minimum atomic E-state index is 0.391. The Morgan fingerprint density at radius 2 is 1.79 bits per heavy atom. The van der Waals surface area contributed by atoms with Crippen molar-refractivity contribution in [3.8, 4) is 0 Å². The summed E-state index contributed by atoms with van der Waals surface area (Å²) in [5.41, 5.74) is 0. The highest BCUT2D eigenvalue weighted by molar-refractivity contribution is 5.53. The normalized spacial score (nSPS) is 27.5. The number of aldehydes is 1. The quantitative estimate of drug-likeness (QED) is 0.464. The first kappa shape index (κ1) is 11.7. The number of hydrogen-bond donors (Lipinski definition) is 0. The van der Waals surface area contributed by atoms with E-state index in [-0.39, 0.29) is 0 Å². The Hall–Kier alpha value is -0.330. The van der Waals surface area contributed by atoms with Gasteiger partial charge in [0.25, 0.3) is 0 Å². The van der Waals surface area contributed by atoms with Crippen LogP contribution in [0.4, 0.5) is 0 Å². The largest absolute Gasteiger partial charge is 0.303 e. The molecule has 82 valence electrons. The van der Waals surface area contributed by atoms with Gasteiger partial charge in [-0.15, -0.1) is 0 Å². The lowest BCUT2D eigenvalue weighted by atomic mass is 9.80. The topological polar surface area (TPSA) is 17.1 Å². The van der Waals surface area contributed by atoms with E-state index in [1.54, 1.807) is 0 Å². The molecule has 0 aromatic heterocycles. The molecular weight excluding hydrogens is 172 g/mol. The predicted octanol–water partition coefficient (Wildman–Crippen LogP) is 3.96. The molecule has 0 aliphatic heterocycles. The molecule has 0 aromatic rings. The van der Waals surface area contributed by atoms with Crippen LogP contribution < -0.4 is 0 Å². The smallest absolute Gasteiger partial charge is 0.123 e. The van der Waals surface area contributed by atoms with Crippen LogP contribution in [-0.2, 0) is 4.79 Å². The van der Waals surface area contributed by atoms with Gasteiger partial charge in [0.1, 0.15) is 6.29 Å². The molecule has 0 amide bonds. The Morgan fingerprint density at radius 1 is 1.07 bits per heavy atom. The highest BCUT2D eigenvalue weighted by Crippen LogP contribution is 2.30. The molecule has 1 saturated carbocycles. The van der Waals surface area contributed by atoms with Crippen molar-refractivity contribution in [3.63, 3.8) is 0 Å². The van der Waals surface area contributed by atoms with Crippen LogP contribution in [0.3, 0.4) is 0 Å². The molecule has 0 atom stereocenters. The molecular formula is C13H24O. The summed E-state index contributed by atoms with van der Waals surface area (Å²) in [5.74, 6) is 1.32. The van der Waals surface area contributed by atoms with Crippen LogP contribution >= 0.6 is 0 Å². The average Bonchev–Trinajstić information content (AvgIpc) is 2.25. The van der Waals surface area contributed by atoms with Gasteiger partial charge < -0.3 is 4.79 Å². The number of rotatable bonds is 6. The minimum absolute atomic E-state index is 0.391. The summed E-state index contributed by atoms with van der Waals surface area (Å²) in [7, 11) is 0. The van der Waals surface area contributed by atoms with E-state index in [4.69, 9.17) is 0 Å². The number of unbranched alkanes of at least 4 members (excludes halogenated alkanes) is 3. The van der Waals surface area contributed by atoms with Crippen molar-refractivity contribution in [2.45, 2.75) is 64.7 Å². The van der Waals surface area contributed by atoms with Crippen LogP contribution in [0, 0.1) is 11.8 Å². The first-order valence-corrected chi connectivity index (χ1v) is 6.32. The van der Waals surface area contributed by atoms with Crippen molar-refractivity contribution in [1.82, 2.24) is 0 Å². The first-order chi connectivity index (χ1) is 6.86. The average molecular weight is 196 g/mol. The second-order valence-corrected chi connectivity index (χ2v) is 4.77. The van der Waals surface area contributed by atoms with Gasteiger partial charge in [0.05, 0.1) is 0 Å². The van der Waals surface area contributed by atoms with E-state index in [1.807, 2.05) is 0 Å². The zero-order valence-electron chi connectivity index (χ0n) is 9.50. The SMILES string of the molecule is CCCCCCC1CCC(C=O)CC1. The Labute approximate surface area is 88.3 Å². The van der Waals surface area contributed by atoms with Crippen LogP contribution in [0.15, 0.2) is 0 Å². The van der Waals surface area contributed by atoms with Crippen LogP contribution in [0.2, 0.25) is 0 Å². The van der Waals surface area contributed by atoms with Gasteiger partial charge in [-0.25, -0.2) is 0 Å². The Bertz CT molecular complexity index is 145. The van der Waals surface area contributed by atoms with Crippen LogP contribution in [-0.4, -0.2) is 6.29 Å². The second kappa shape index (κ2) is 7.03. The molecule has 1 aliphatic carbocycles. The van der Waals surface area contributed by atoms with Crippen LogP contribution in [0.1, 0.15) is 64.7 Å². The molecule has 0 saturated heterocycles. The molecule has 1 heteroatoms. The maximum Gasteiger partial charge on any atom is 0.123 e. The second-order valence-electron chi connectivity index (χ2n) is 4.77. The monoisotopic (exact) mass is 196 g/mol. The van der Waals surface area contributed by atoms with Crippen molar-refractivity contribution in [1.29, 1.82) is 0 Å². The fourth-order valence-corrected chi connectivity index (χ4v) is 2.47. The first-order valence-electron chi connectivity index (χ1n) is 6.32. The Morgan fingerprint density at radius 3 is 2.36 bits per heavy atom. The van der Waals surface area contributed by atoms with Gasteiger partial charge in [0.15, 0.2) is 0 Å². The Kier molecular flexibility index (Phi) is 5.89. The minimum Gasteiger partial charge on any atom is -0.303 e. The van der Waals surface area contributed by atoms with Crippen molar-refractivity contribution in [2.75, 3.05) is 0 Å². The number of hydrogen-bond acceptors (Lipinski definition) is 1. The third kappa shape index (κ3) is 4.26. The van der Waals surface area contributed by atoms with Crippen molar-refractivity contribution >= 4 is 6.29 Å². The molecule has 1 aliphatic rings. The van der Waals surface area contributed by atoms with Gasteiger partial charge in [0, 0.05) is 5.92 Å². The summed E-state index contributed by atoms with van der Waals surface area (Å²) in [4.78, 5) is 10.6. The van der Waals surface area contributed by atoms with Gasteiger partial charge in [-0.2, -0.15) is 0 Å². The van der Waals surface area contributed by atoms with Crippen molar-refractivity contribution in [3.05, 3.63) is 0 Å². The standard InChI is InChI=1S/C13H24O/c1-2-3-4-5-6-12-7-9-13(11-14)10-8-12/h11-13H,2-10H2,1H3. The molecule has 1 nitrogen and oxygen atoms in total. The molecule has 0 N–H and O–H groups in total. The summed E-state index contributed by atoms with van der Waals surface area (Å²) in [5, 5.41) is 0. The van der Waals surface area contributed by atoms with Crippen molar-refractivity contribution < 1.29 is 4.79 Å². The third-order valence-electron chi connectivity index (χ3n) is 3.55. The summed E-state index contributed by atoms with van der Waals surface area (Å²) in [6, 6.07) is 0. The van der Waals surface area contributed by atoms with Crippen LogP contribution in [0.5, 0.6) is 0 Å². The molecule has 0 unspecified atom stereocenters. The summed E-state index contributed by atoms with van der Waals surface area (Å²) in [6.07, 6.45) is 13.0. The third-order valence-corrected chi connectivity index (χ3v) is 3.55. The molecule has 0 aromatic carbocycles. The molecule has 1 rings (SSSR count). The number of carbonyl (C=O) groups excluding carboxylic acids is 1. The molecule has 0 radical (unpaired) electrons. The number of carbonyl (C=O) groups is 1. The zero-order valence-corrected chi connectivity index (χ0v) is 9.50. The van der Waals surface area contributed by atoms with E-state index in [0.29, 0.717) is 5.92 Å². The van der Waals surface area contributed by atoms with Crippen LogP contribution in [0.25, 0.3) is 0 Å². The van der Waals surface area contributed by atoms with Gasteiger partial charge in [-0.3, -0.25) is 0 Å². The van der Waals surface area contributed by atoms with Gasteiger partial charge in [-0.05, 0) is 31.6 Å².